The smallest absolute Gasteiger partial charge is 1.00 e. The third-order valence-corrected chi connectivity index (χ3v) is 0. The van der Waals surface area contributed by atoms with Crippen molar-refractivity contribution >= 4 is 30.9 Å². The second kappa shape index (κ2) is 11.5. The first-order valence-electron chi connectivity index (χ1n) is 0.783. The number of hydrogen-bond acceptors (Lipinski definition) is 1. The molecule has 0 radical (unpaired) electrons. The Hall–Kier alpha value is 0.756. The molecule has 0 aliphatic heterocycles. The molecule has 0 saturated carbocycles. The van der Waals surface area contributed by atoms with Crippen molar-refractivity contribution in [1.82, 2.24) is 0 Å². The summed E-state index contributed by atoms with van der Waals surface area (Å²) in [5.41, 5.74) is 0. The fourth-order valence-corrected chi connectivity index (χ4v) is 0. The summed E-state index contributed by atoms with van der Waals surface area (Å²) in [6, 6.07) is 0. The first-order valence-corrected chi connectivity index (χ1v) is 2.35. The Morgan fingerprint density at radius 1 is 1.11 bits per heavy atom. The maximum absolute atomic E-state index is 8.88. The summed E-state index contributed by atoms with van der Waals surface area (Å²) in [5, 5.41) is 0. The Morgan fingerprint density at radius 3 is 1.11 bits per heavy atom. The Kier molecular flexibility index (Phi) is 42.4. The van der Waals surface area contributed by atoms with Gasteiger partial charge in [0.05, 0.1) is 0 Å². The van der Waals surface area contributed by atoms with Gasteiger partial charge in [-0.1, -0.05) is 0 Å². The molecule has 9 heavy (non-hydrogen) atoms. The van der Waals surface area contributed by atoms with Gasteiger partial charge in [-0.05, 0) is 0 Å². The molecule has 60 valence electrons. The van der Waals surface area contributed by atoms with E-state index >= 15 is 0 Å². The van der Waals surface area contributed by atoms with E-state index in [1.165, 1.54) is 0 Å². The molecule has 7 nitrogen and oxygen atoms in total. The van der Waals surface area contributed by atoms with Crippen molar-refractivity contribution in [3.63, 3.8) is 0 Å². The van der Waals surface area contributed by atoms with Crippen LogP contribution in [0.4, 0.5) is 0 Å². The van der Waals surface area contributed by atoms with E-state index in [1.807, 2.05) is 0 Å². The van der Waals surface area contributed by atoms with E-state index in [9.17, 15) is 0 Å². The van der Waals surface area contributed by atoms with Crippen molar-refractivity contribution in [1.29, 1.82) is 0 Å². The van der Waals surface area contributed by atoms with Gasteiger partial charge in [0, 0.05) is 0 Å². The minimum Gasteiger partial charge on any atom is -1.00 e. The summed E-state index contributed by atoms with van der Waals surface area (Å²) in [7, 11) is -4.64. The summed E-state index contributed by atoms with van der Waals surface area (Å²) in [4.78, 5) is 21.6. The Bertz CT molecular complexity index is 64.8. The summed E-state index contributed by atoms with van der Waals surface area (Å²) in [5.74, 6) is 0. The van der Waals surface area contributed by atoms with Crippen LogP contribution in [0.25, 0.3) is 0 Å². The zero-order chi connectivity index (χ0) is 4.50. The molecule has 0 unspecified atom stereocenters. The van der Waals surface area contributed by atoms with Gasteiger partial charge in [0.15, 0.2) is 0 Å². The number of rotatable bonds is 0. The second-order valence-electron chi connectivity index (χ2n) is 0.513. The van der Waals surface area contributed by atoms with Crippen molar-refractivity contribution in [3.8, 4) is 0 Å². The maximum Gasteiger partial charge on any atom is 2.00 e. The van der Waals surface area contributed by atoms with Gasteiger partial charge in [-0.15, -0.1) is 0 Å². The summed E-state index contributed by atoms with van der Waals surface area (Å²) >= 11 is 0. The van der Waals surface area contributed by atoms with Gasteiger partial charge in [-0.2, -0.15) is 0 Å². The monoisotopic (exact) mass is 179 g/mol. The van der Waals surface area contributed by atoms with Gasteiger partial charge in [-0.3, -0.25) is 0 Å². The standard InChI is InChI=1S/Mg.H3O4P.3H2O.2H/c;1-5(2,3)4;;;;;/h;(H3,1,2,3,4);3*1H2;;/q+2;;;;;2*-1/p+1. The van der Waals surface area contributed by atoms with Crippen molar-refractivity contribution in [3.05, 3.63) is 0 Å². The van der Waals surface area contributed by atoms with Crippen LogP contribution in [0, 0.1) is 0 Å². The van der Waals surface area contributed by atoms with E-state index in [-0.39, 0.29) is 43.8 Å². The first kappa shape index (κ1) is 33.1. The van der Waals surface area contributed by atoms with Crippen LogP contribution in [-0.2, 0) is 4.57 Å². The summed E-state index contributed by atoms with van der Waals surface area (Å²) in [6.07, 6.45) is 0. The Labute approximate surface area is 71.5 Å². The molecule has 0 spiro atoms. The van der Waals surface area contributed by atoms with E-state index in [2.05, 4.69) is 0 Å². The Balaban J connectivity index is -0.00000000381. The van der Waals surface area contributed by atoms with E-state index in [4.69, 9.17) is 19.2 Å². The predicted molar refractivity (Wildman–Crippen MR) is 34.2 cm³/mol. The molecule has 0 aromatic heterocycles. The molecular weight excluding hydrogens is 167 g/mol. The van der Waals surface area contributed by atoms with Crippen LogP contribution >= 0.6 is 7.82 Å². The molecule has 0 amide bonds. The van der Waals surface area contributed by atoms with E-state index in [0.717, 1.165) is 0 Å². The zero-order valence-electron chi connectivity index (χ0n) is 7.40. The van der Waals surface area contributed by atoms with Gasteiger partial charge < -0.3 is 34.0 Å². The SMILES string of the molecule is O.O.O.O=P(O)(O)O.[H+].[H-].[H-].[Mg+2]. The molecule has 0 heterocycles. The molecular formula is H12MgO7P+. The van der Waals surface area contributed by atoms with Gasteiger partial charge in [0.25, 0.3) is 0 Å². The number of hydrogen-bond donors (Lipinski definition) is 3. The van der Waals surface area contributed by atoms with Crippen molar-refractivity contribution in [2.45, 2.75) is 0 Å². The molecule has 0 aromatic rings. The van der Waals surface area contributed by atoms with Gasteiger partial charge in [0.1, 0.15) is 0 Å². The van der Waals surface area contributed by atoms with E-state index < -0.39 is 7.82 Å². The van der Waals surface area contributed by atoms with Crippen LogP contribution < -0.4 is 0 Å². The molecule has 0 aromatic carbocycles. The summed E-state index contributed by atoms with van der Waals surface area (Å²) in [6.45, 7) is 0. The van der Waals surface area contributed by atoms with Crippen LogP contribution in [0.5, 0.6) is 0 Å². The summed E-state index contributed by atoms with van der Waals surface area (Å²) < 4.78 is 8.88. The Morgan fingerprint density at radius 2 is 1.11 bits per heavy atom. The average Bonchev–Trinajstić information content (AvgIpc) is 0.722. The van der Waals surface area contributed by atoms with Crippen molar-refractivity contribution in [2.24, 2.45) is 0 Å². The van der Waals surface area contributed by atoms with Gasteiger partial charge >= 0.3 is 32.3 Å². The fourth-order valence-electron chi connectivity index (χ4n) is 0. The minimum atomic E-state index is -4.64. The average molecular weight is 179 g/mol. The first-order chi connectivity index (χ1) is 2.00. The third kappa shape index (κ3) is 699. The van der Waals surface area contributed by atoms with E-state index in [0.29, 0.717) is 0 Å². The largest absolute Gasteiger partial charge is 2.00 e. The van der Waals surface area contributed by atoms with Crippen molar-refractivity contribution < 1.29 is 40.0 Å². The van der Waals surface area contributed by atoms with Crippen LogP contribution in [0.1, 0.15) is 4.28 Å². The van der Waals surface area contributed by atoms with Gasteiger partial charge in [0.2, 0.25) is 0 Å². The molecule has 0 aliphatic carbocycles. The fraction of sp³-hybridized carbons (Fsp3) is 0. The molecule has 9 N–H and O–H groups in total. The molecule has 0 saturated heterocycles. The quantitative estimate of drug-likeness (QED) is 0.259. The van der Waals surface area contributed by atoms with Crippen LogP contribution in [0.15, 0.2) is 0 Å². The van der Waals surface area contributed by atoms with Crippen molar-refractivity contribution in [2.75, 3.05) is 0 Å². The second-order valence-corrected chi connectivity index (χ2v) is 1.54. The molecule has 0 rings (SSSR count). The molecule has 9 heteroatoms. The van der Waals surface area contributed by atoms with E-state index in [1.54, 1.807) is 0 Å². The zero-order valence-corrected chi connectivity index (χ0v) is 6.71. The van der Waals surface area contributed by atoms with Crippen LogP contribution in [0.3, 0.4) is 0 Å². The third-order valence-electron chi connectivity index (χ3n) is 0. The van der Waals surface area contributed by atoms with Crippen LogP contribution in [-0.4, -0.2) is 54.2 Å². The molecule has 0 atom stereocenters. The minimum absolute atomic E-state index is 0. The maximum atomic E-state index is 8.88. The molecule has 0 bridgehead atoms. The van der Waals surface area contributed by atoms with Crippen LogP contribution in [0.2, 0.25) is 0 Å². The topological polar surface area (TPSA) is 172 Å². The van der Waals surface area contributed by atoms with Gasteiger partial charge in [-0.25, -0.2) is 4.57 Å². The molecule has 0 aliphatic rings. The number of phosphoric acid groups is 1. The normalized spacial score (nSPS) is 6.56. The predicted octanol–water partition coefficient (Wildman–Crippen LogP) is -3.45. The molecule has 0 fully saturated rings.